The number of hydrogen-bond acceptors (Lipinski definition) is 4. The maximum absolute atomic E-state index is 11.5. The third-order valence-corrected chi connectivity index (χ3v) is 6.40. The molecular formula is C17H27N3O2S2. The largest absolute Gasteiger partial charge is 0.357 e. The highest BCUT2D eigenvalue weighted by molar-refractivity contribution is 7.99. The zero-order valence-corrected chi connectivity index (χ0v) is 16.2. The smallest absolute Gasteiger partial charge is 0.191 e. The molecule has 5 nitrogen and oxygen atoms in total. The average molecular weight is 370 g/mol. The fourth-order valence-electron chi connectivity index (χ4n) is 2.81. The Bertz CT molecular complexity index is 657. The second-order valence-corrected chi connectivity index (χ2v) is 9.28. The third-order valence-electron chi connectivity index (χ3n) is 4.17. The van der Waals surface area contributed by atoms with Crippen molar-refractivity contribution in [2.45, 2.75) is 48.9 Å². The first-order valence-corrected chi connectivity index (χ1v) is 11.5. The molecule has 1 fully saturated rings. The van der Waals surface area contributed by atoms with E-state index >= 15 is 0 Å². The molecule has 0 aromatic heterocycles. The summed E-state index contributed by atoms with van der Waals surface area (Å²) >= 11 is 1.94. The van der Waals surface area contributed by atoms with E-state index in [1.54, 1.807) is 12.1 Å². The van der Waals surface area contributed by atoms with Gasteiger partial charge in [0.1, 0.15) is 0 Å². The van der Waals surface area contributed by atoms with Crippen LogP contribution in [0.3, 0.4) is 0 Å². The van der Waals surface area contributed by atoms with Gasteiger partial charge in [-0.2, -0.15) is 11.8 Å². The summed E-state index contributed by atoms with van der Waals surface area (Å²) in [7, 11) is -3.15. The molecule has 0 spiro atoms. The molecule has 7 heteroatoms. The van der Waals surface area contributed by atoms with E-state index in [0.717, 1.165) is 23.3 Å². The number of rotatable bonds is 6. The molecule has 0 heterocycles. The molecule has 0 bridgehead atoms. The van der Waals surface area contributed by atoms with Crippen LogP contribution in [-0.2, 0) is 16.4 Å². The van der Waals surface area contributed by atoms with Gasteiger partial charge in [0.2, 0.25) is 0 Å². The highest BCUT2D eigenvalue weighted by atomic mass is 32.2. The Balaban J connectivity index is 1.97. The van der Waals surface area contributed by atoms with E-state index in [4.69, 9.17) is 0 Å². The van der Waals surface area contributed by atoms with Crippen molar-refractivity contribution >= 4 is 27.6 Å². The lowest BCUT2D eigenvalue weighted by atomic mass is 10.2. The van der Waals surface area contributed by atoms with Crippen molar-refractivity contribution in [2.24, 2.45) is 4.99 Å². The molecule has 1 aromatic rings. The highest BCUT2D eigenvalue weighted by Gasteiger charge is 2.24. The molecule has 24 heavy (non-hydrogen) atoms. The van der Waals surface area contributed by atoms with Crippen LogP contribution in [0.2, 0.25) is 0 Å². The van der Waals surface area contributed by atoms with Crippen LogP contribution in [0, 0.1) is 0 Å². The van der Waals surface area contributed by atoms with Gasteiger partial charge in [-0.15, -0.1) is 0 Å². The van der Waals surface area contributed by atoms with Gasteiger partial charge in [-0.1, -0.05) is 12.1 Å². The van der Waals surface area contributed by atoms with E-state index in [1.165, 1.54) is 25.5 Å². The Hall–Kier alpha value is -1.21. The Morgan fingerprint density at radius 3 is 2.54 bits per heavy atom. The number of nitrogens with zero attached hydrogens (tertiary/aromatic N) is 1. The summed E-state index contributed by atoms with van der Waals surface area (Å²) in [4.78, 5) is 4.97. The van der Waals surface area contributed by atoms with E-state index in [-0.39, 0.29) is 0 Å². The Morgan fingerprint density at radius 1 is 1.29 bits per heavy atom. The molecule has 2 rings (SSSR count). The van der Waals surface area contributed by atoms with E-state index in [9.17, 15) is 8.42 Å². The maximum Gasteiger partial charge on any atom is 0.191 e. The fraction of sp³-hybridized carbons (Fsp3) is 0.588. The lowest BCUT2D eigenvalue weighted by Gasteiger charge is -2.17. The lowest BCUT2D eigenvalue weighted by Crippen LogP contribution is -2.42. The minimum atomic E-state index is -3.15. The van der Waals surface area contributed by atoms with Gasteiger partial charge in [-0.25, -0.2) is 13.4 Å². The summed E-state index contributed by atoms with van der Waals surface area (Å²) < 4.78 is 23.0. The zero-order valence-electron chi connectivity index (χ0n) is 14.6. The molecule has 2 N–H and O–H groups in total. The van der Waals surface area contributed by atoms with Gasteiger partial charge in [0.15, 0.2) is 15.8 Å². The number of guanidine groups is 1. The minimum Gasteiger partial charge on any atom is -0.357 e. The quantitative estimate of drug-likeness (QED) is 0.595. The predicted molar refractivity (Wildman–Crippen MR) is 102 cm³/mol. The Kier molecular flexibility index (Phi) is 6.98. The Labute approximate surface area is 149 Å². The van der Waals surface area contributed by atoms with Gasteiger partial charge >= 0.3 is 0 Å². The molecule has 2 atom stereocenters. The van der Waals surface area contributed by atoms with Crippen molar-refractivity contribution < 1.29 is 8.42 Å². The molecule has 0 amide bonds. The summed E-state index contributed by atoms with van der Waals surface area (Å²) in [5.74, 6) is 0.830. The number of hydrogen-bond donors (Lipinski definition) is 2. The molecule has 1 aromatic carbocycles. The van der Waals surface area contributed by atoms with Gasteiger partial charge in [0.05, 0.1) is 11.4 Å². The van der Waals surface area contributed by atoms with E-state index in [2.05, 4.69) is 28.8 Å². The summed E-state index contributed by atoms with van der Waals surface area (Å²) in [6.45, 7) is 3.40. The topological polar surface area (TPSA) is 70.6 Å². The van der Waals surface area contributed by atoms with Crippen LogP contribution in [-0.4, -0.2) is 44.7 Å². The molecule has 0 aliphatic heterocycles. The molecule has 1 aliphatic rings. The standard InChI is InChI=1S/C17H27N3O2S2/c1-4-18-17(20-14-7-8-15(11-14)23-2)19-12-13-5-9-16(10-6-13)24(3,21)22/h5-6,9-10,14-15H,4,7-8,11-12H2,1-3H3,(H2,18,19,20). The first kappa shape index (κ1) is 19.1. The van der Waals surface area contributed by atoms with Gasteiger partial charge in [0, 0.05) is 24.1 Å². The van der Waals surface area contributed by atoms with Crippen LogP contribution in [0.15, 0.2) is 34.2 Å². The number of nitrogens with one attached hydrogen (secondary N) is 2. The van der Waals surface area contributed by atoms with Crippen molar-refractivity contribution in [3.8, 4) is 0 Å². The molecular weight excluding hydrogens is 342 g/mol. The van der Waals surface area contributed by atoms with Crippen LogP contribution in [0.25, 0.3) is 0 Å². The average Bonchev–Trinajstić information content (AvgIpc) is 3.00. The second kappa shape index (κ2) is 8.76. The molecule has 0 saturated heterocycles. The third kappa shape index (κ3) is 5.70. The summed E-state index contributed by atoms with van der Waals surface area (Å²) in [6, 6.07) is 7.40. The van der Waals surface area contributed by atoms with Crippen LogP contribution in [0.1, 0.15) is 31.7 Å². The van der Waals surface area contributed by atoms with Gasteiger partial charge in [0.25, 0.3) is 0 Å². The second-order valence-electron chi connectivity index (χ2n) is 6.12. The molecule has 1 saturated carbocycles. The van der Waals surface area contributed by atoms with Crippen LogP contribution < -0.4 is 10.6 Å². The van der Waals surface area contributed by atoms with E-state index in [0.29, 0.717) is 17.5 Å². The summed E-state index contributed by atoms with van der Waals surface area (Å²) in [5.41, 5.74) is 0.994. The Morgan fingerprint density at radius 2 is 2.00 bits per heavy atom. The van der Waals surface area contributed by atoms with Gasteiger partial charge in [-0.3, -0.25) is 0 Å². The number of sulfone groups is 1. The number of aliphatic imine (C=N–C) groups is 1. The van der Waals surface area contributed by atoms with Crippen molar-refractivity contribution in [2.75, 3.05) is 19.1 Å². The summed E-state index contributed by atoms with van der Waals surface area (Å²) in [6.07, 6.45) is 7.00. The normalized spacial score (nSPS) is 21.7. The van der Waals surface area contributed by atoms with Gasteiger partial charge < -0.3 is 10.6 Å². The van der Waals surface area contributed by atoms with Crippen LogP contribution in [0.4, 0.5) is 0 Å². The number of thioether (sulfide) groups is 1. The number of benzene rings is 1. The van der Waals surface area contributed by atoms with Crippen molar-refractivity contribution in [3.05, 3.63) is 29.8 Å². The molecule has 0 radical (unpaired) electrons. The molecule has 2 unspecified atom stereocenters. The SMILES string of the molecule is CCNC(=NCc1ccc(S(C)(=O)=O)cc1)NC1CCC(SC)C1. The zero-order chi connectivity index (χ0) is 17.6. The highest BCUT2D eigenvalue weighted by Crippen LogP contribution is 2.28. The van der Waals surface area contributed by atoms with Crippen LogP contribution >= 0.6 is 11.8 Å². The first-order chi connectivity index (χ1) is 11.4. The van der Waals surface area contributed by atoms with Crippen molar-refractivity contribution in [1.29, 1.82) is 0 Å². The predicted octanol–water partition coefficient (Wildman–Crippen LogP) is 2.43. The first-order valence-electron chi connectivity index (χ1n) is 8.29. The monoisotopic (exact) mass is 369 g/mol. The molecule has 1 aliphatic carbocycles. The molecule has 134 valence electrons. The van der Waals surface area contributed by atoms with Crippen LogP contribution in [0.5, 0.6) is 0 Å². The summed E-state index contributed by atoms with van der Waals surface area (Å²) in [5, 5.41) is 7.55. The fourth-order valence-corrected chi connectivity index (χ4v) is 4.24. The lowest BCUT2D eigenvalue weighted by molar-refractivity contribution is 0.602. The maximum atomic E-state index is 11.5. The van der Waals surface area contributed by atoms with Gasteiger partial charge in [-0.05, 0) is 50.1 Å². The van der Waals surface area contributed by atoms with E-state index < -0.39 is 9.84 Å². The van der Waals surface area contributed by atoms with Crippen molar-refractivity contribution in [1.82, 2.24) is 10.6 Å². The minimum absolute atomic E-state index is 0.342. The van der Waals surface area contributed by atoms with Crippen molar-refractivity contribution in [3.63, 3.8) is 0 Å². The van der Waals surface area contributed by atoms with E-state index in [1.807, 2.05) is 23.9 Å².